The Morgan fingerprint density at radius 1 is 1.40 bits per heavy atom. The third kappa shape index (κ3) is 6.49. The van der Waals surface area contributed by atoms with Gasteiger partial charge in [-0.05, 0) is 12.3 Å². The summed E-state index contributed by atoms with van der Waals surface area (Å²) in [5.74, 6) is 1.47. The summed E-state index contributed by atoms with van der Waals surface area (Å²) in [6.45, 7) is 2.70. The van der Waals surface area contributed by atoms with Crippen molar-refractivity contribution in [1.29, 1.82) is 0 Å². The van der Waals surface area contributed by atoms with Gasteiger partial charge in [0.15, 0.2) is 5.96 Å². The molecule has 0 radical (unpaired) electrons. The van der Waals surface area contributed by atoms with E-state index in [0.717, 1.165) is 17.5 Å². The molecule has 0 saturated carbocycles. The van der Waals surface area contributed by atoms with Crippen molar-refractivity contribution in [3.8, 4) is 0 Å². The molecule has 1 aromatic rings. The highest BCUT2D eigenvalue weighted by atomic mass is 127. The monoisotopic (exact) mass is 401 g/mol. The summed E-state index contributed by atoms with van der Waals surface area (Å²) in [7, 11) is 1.64. The number of nitrogens with zero attached hydrogens (tertiary/aromatic N) is 3. The van der Waals surface area contributed by atoms with Gasteiger partial charge < -0.3 is 10.6 Å². The normalized spacial score (nSPS) is 11.7. The van der Waals surface area contributed by atoms with Crippen LogP contribution in [0, 0.1) is 5.92 Å². The van der Waals surface area contributed by atoms with E-state index in [1.807, 2.05) is 0 Å². The Bertz CT molecular complexity index is 406. The molecule has 8 heteroatoms. The topological polar surface area (TPSA) is 54.2 Å². The van der Waals surface area contributed by atoms with E-state index in [4.69, 9.17) is 0 Å². The zero-order valence-corrected chi connectivity index (χ0v) is 14.3. The first-order valence-electron chi connectivity index (χ1n) is 6.29. The van der Waals surface area contributed by atoms with E-state index in [9.17, 15) is 8.78 Å². The SMILES string of the molecule is CN=C(NCCC(C)C)NCc1nccn1C(F)F.I. The molecule has 5 nitrogen and oxygen atoms in total. The molecular formula is C12H22F2IN5. The summed E-state index contributed by atoms with van der Waals surface area (Å²) in [6, 6.07) is 0. The Hall–Kier alpha value is -0.930. The minimum atomic E-state index is -2.57. The first kappa shape index (κ1) is 19.1. The van der Waals surface area contributed by atoms with E-state index in [0.29, 0.717) is 11.9 Å². The molecular weight excluding hydrogens is 379 g/mol. The number of alkyl halides is 2. The molecule has 1 rings (SSSR count). The third-order valence-electron chi connectivity index (χ3n) is 2.61. The van der Waals surface area contributed by atoms with Crippen molar-refractivity contribution in [2.24, 2.45) is 10.9 Å². The second-order valence-electron chi connectivity index (χ2n) is 4.56. The molecule has 0 saturated heterocycles. The average Bonchev–Trinajstić information content (AvgIpc) is 2.81. The molecule has 0 aliphatic carbocycles. The zero-order valence-electron chi connectivity index (χ0n) is 11.9. The predicted molar refractivity (Wildman–Crippen MR) is 86.6 cm³/mol. The molecule has 0 atom stereocenters. The number of imidazole rings is 1. The van der Waals surface area contributed by atoms with Crippen molar-refractivity contribution in [3.05, 3.63) is 18.2 Å². The Labute approximate surface area is 135 Å². The van der Waals surface area contributed by atoms with Crippen molar-refractivity contribution in [1.82, 2.24) is 20.2 Å². The van der Waals surface area contributed by atoms with Gasteiger partial charge in [-0.25, -0.2) is 4.98 Å². The average molecular weight is 401 g/mol. The second kappa shape index (κ2) is 9.89. The van der Waals surface area contributed by atoms with Crippen LogP contribution < -0.4 is 10.6 Å². The number of aromatic nitrogens is 2. The van der Waals surface area contributed by atoms with Gasteiger partial charge in [0, 0.05) is 26.0 Å². The first-order chi connectivity index (χ1) is 9.04. The molecule has 0 aliphatic rings. The van der Waals surface area contributed by atoms with Crippen LogP contribution in [0.4, 0.5) is 8.78 Å². The summed E-state index contributed by atoms with van der Waals surface area (Å²) >= 11 is 0. The van der Waals surface area contributed by atoms with Gasteiger partial charge in [-0.2, -0.15) is 8.78 Å². The molecule has 0 bridgehead atoms. The molecule has 0 fully saturated rings. The van der Waals surface area contributed by atoms with Crippen LogP contribution in [-0.2, 0) is 6.54 Å². The van der Waals surface area contributed by atoms with Crippen molar-refractivity contribution in [2.75, 3.05) is 13.6 Å². The summed E-state index contributed by atoms with van der Waals surface area (Å²) < 4.78 is 26.0. The number of rotatable bonds is 6. The van der Waals surface area contributed by atoms with Gasteiger partial charge in [-0.15, -0.1) is 24.0 Å². The van der Waals surface area contributed by atoms with Crippen molar-refractivity contribution in [2.45, 2.75) is 33.4 Å². The lowest BCUT2D eigenvalue weighted by molar-refractivity contribution is 0.0668. The maximum absolute atomic E-state index is 12.6. The highest BCUT2D eigenvalue weighted by molar-refractivity contribution is 14.0. The lowest BCUT2D eigenvalue weighted by Crippen LogP contribution is -2.38. The van der Waals surface area contributed by atoms with Crippen LogP contribution in [0.3, 0.4) is 0 Å². The third-order valence-corrected chi connectivity index (χ3v) is 2.61. The van der Waals surface area contributed by atoms with E-state index in [1.54, 1.807) is 7.05 Å². The van der Waals surface area contributed by atoms with Gasteiger partial charge in [0.2, 0.25) is 0 Å². The fraction of sp³-hybridized carbons (Fsp3) is 0.667. The van der Waals surface area contributed by atoms with Crippen molar-refractivity contribution >= 4 is 29.9 Å². The fourth-order valence-corrected chi connectivity index (χ4v) is 1.52. The molecule has 116 valence electrons. The molecule has 0 spiro atoms. The predicted octanol–water partition coefficient (Wildman–Crippen LogP) is 2.61. The molecule has 0 aliphatic heterocycles. The van der Waals surface area contributed by atoms with Crippen LogP contribution in [0.5, 0.6) is 0 Å². The van der Waals surface area contributed by atoms with Crippen LogP contribution in [0.25, 0.3) is 0 Å². The Morgan fingerprint density at radius 2 is 2.10 bits per heavy atom. The minimum Gasteiger partial charge on any atom is -0.356 e. The molecule has 0 unspecified atom stereocenters. The maximum atomic E-state index is 12.6. The highest BCUT2D eigenvalue weighted by Gasteiger charge is 2.11. The van der Waals surface area contributed by atoms with Crippen molar-refractivity contribution < 1.29 is 8.78 Å². The number of hydrogen-bond donors (Lipinski definition) is 2. The Kier molecular flexibility index (Phi) is 9.43. The maximum Gasteiger partial charge on any atom is 0.319 e. The van der Waals surface area contributed by atoms with Gasteiger partial charge >= 0.3 is 6.55 Å². The number of halogens is 3. The Balaban J connectivity index is 0.00000361. The number of aliphatic imine (C=N–C) groups is 1. The fourth-order valence-electron chi connectivity index (χ4n) is 1.52. The smallest absolute Gasteiger partial charge is 0.319 e. The molecule has 20 heavy (non-hydrogen) atoms. The number of nitrogens with one attached hydrogen (secondary N) is 2. The minimum absolute atomic E-state index is 0. The first-order valence-corrected chi connectivity index (χ1v) is 6.29. The van der Waals surface area contributed by atoms with Crippen LogP contribution in [0.2, 0.25) is 0 Å². The summed E-state index contributed by atoms with van der Waals surface area (Å²) in [5, 5.41) is 6.09. The van der Waals surface area contributed by atoms with E-state index in [-0.39, 0.29) is 36.3 Å². The van der Waals surface area contributed by atoms with Crippen LogP contribution in [0.15, 0.2) is 17.4 Å². The van der Waals surface area contributed by atoms with Gasteiger partial charge in [0.05, 0.1) is 6.54 Å². The van der Waals surface area contributed by atoms with Gasteiger partial charge in [-0.3, -0.25) is 9.56 Å². The van der Waals surface area contributed by atoms with E-state index >= 15 is 0 Å². The summed E-state index contributed by atoms with van der Waals surface area (Å²) in [6.07, 6.45) is 3.64. The standard InChI is InChI=1S/C12H21F2N5.HI/c1-9(2)4-5-17-12(15-3)18-8-10-16-6-7-19(10)11(13)14;/h6-7,9,11H,4-5,8H2,1-3H3,(H2,15,17,18);1H. The summed E-state index contributed by atoms with van der Waals surface area (Å²) in [5.41, 5.74) is 0. The van der Waals surface area contributed by atoms with Crippen LogP contribution >= 0.6 is 24.0 Å². The quantitative estimate of drug-likeness (QED) is 0.438. The lowest BCUT2D eigenvalue weighted by atomic mass is 10.1. The molecule has 1 heterocycles. The lowest BCUT2D eigenvalue weighted by Gasteiger charge is -2.13. The number of hydrogen-bond acceptors (Lipinski definition) is 2. The highest BCUT2D eigenvalue weighted by Crippen LogP contribution is 2.11. The molecule has 1 aromatic heterocycles. The molecule has 0 amide bonds. The Morgan fingerprint density at radius 3 is 2.65 bits per heavy atom. The molecule has 2 N–H and O–H groups in total. The van der Waals surface area contributed by atoms with Crippen LogP contribution in [0.1, 0.15) is 32.6 Å². The molecule has 0 aromatic carbocycles. The second-order valence-corrected chi connectivity index (χ2v) is 4.56. The van der Waals surface area contributed by atoms with Crippen LogP contribution in [-0.4, -0.2) is 29.1 Å². The van der Waals surface area contributed by atoms with Crippen molar-refractivity contribution in [3.63, 3.8) is 0 Å². The van der Waals surface area contributed by atoms with Gasteiger partial charge in [0.25, 0.3) is 0 Å². The zero-order chi connectivity index (χ0) is 14.3. The number of guanidine groups is 1. The summed E-state index contributed by atoms with van der Waals surface area (Å²) in [4.78, 5) is 7.92. The van der Waals surface area contributed by atoms with E-state index in [1.165, 1.54) is 12.4 Å². The van der Waals surface area contributed by atoms with E-state index in [2.05, 4.69) is 34.5 Å². The van der Waals surface area contributed by atoms with E-state index < -0.39 is 6.55 Å². The largest absolute Gasteiger partial charge is 0.356 e. The van der Waals surface area contributed by atoms with Gasteiger partial charge in [0.1, 0.15) is 5.82 Å². The van der Waals surface area contributed by atoms with Gasteiger partial charge in [-0.1, -0.05) is 13.8 Å².